The third kappa shape index (κ3) is 22.5. The number of carbonyl (C=O) groups is 1. The van der Waals surface area contributed by atoms with Gasteiger partial charge < -0.3 is 9.47 Å². The summed E-state index contributed by atoms with van der Waals surface area (Å²) in [6.45, 7) is 7.64. The molecule has 0 atom stereocenters. The van der Waals surface area contributed by atoms with Crippen molar-refractivity contribution in [1.82, 2.24) is 0 Å². The third-order valence-corrected chi connectivity index (χ3v) is 1.57. The highest BCUT2D eigenvalue weighted by molar-refractivity contribution is 5.65. The van der Waals surface area contributed by atoms with Gasteiger partial charge in [0.2, 0.25) is 0 Å². The molecule has 0 amide bonds. The highest BCUT2D eigenvalue weighted by Crippen LogP contribution is 1.91. The number of unbranched alkanes of at least 4 members (excludes halogenated alkanes) is 2. The number of esters is 1. The third-order valence-electron chi connectivity index (χ3n) is 1.57. The molecule has 0 unspecified atom stereocenters. The summed E-state index contributed by atoms with van der Waals surface area (Å²) in [6, 6.07) is 0. The lowest BCUT2D eigenvalue weighted by molar-refractivity contribution is -0.137. The Hall–Kier alpha value is -0.570. The van der Waals surface area contributed by atoms with E-state index in [1.165, 1.54) is 39.7 Å². The van der Waals surface area contributed by atoms with Gasteiger partial charge in [-0.2, -0.15) is 0 Å². The molecule has 0 aliphatic carbocycles. The maximum absolute atomic E-state index is 9.59. The minimum Gasteiger partial charge on any atom is -0.469 e. The zero-order valence-corrected chi connectivity index (χ0v) is 9.97. The lowest BCUT2D eigenvalue weighted by atomic mass is 10.3. The zero-order valence-electron chi connectivity index (χ0n) is 9.97. The summed E-state index contributed by atoms with van der Waals surface area (Å²) >= 11 is 0. The molecule has 0 rings (SSSR count). The number of ether oxygens (including phenoxy) is 2. The van der Waals surface area contributed by atoms with Crippen LogP contribution < -0.4 is 0 Å². The zero-order chi connectivity index (χ0) is 11.2. The van der Waals surface area contributed by atoms with E-state index in [9.17, 15) is 4.79 Å². The first-order valence-corrected chi connectivity index (χ1v) is 5.31. The van der Waals surface area contributed by atoms with Gasteiger partial charge in [-0.1, -0.05) is 26.7 Å². The van der Waals surface area contributed by atoms with Crippen molar-refractivity contribution < 1.29 is 14.3 Å². The Morgan fingerprint density at radius 1 is 1.07 bits per heavy atom. The Morgan fingerprint density at radius 2 is 1.43 bits per heavy atom. The second-order valence-corrected chi connectivity index (χ2v) is 3.02. The Kier molecular flexibility index (Phi) is 16.9. The van der Waals surface area contributed by atoms with Crippen LogP contribution in [0.1, 0.15) is 46.5 Å². The van der Waals surface area contributed by atoms with Crippen LogP contribution >= 0.6 is 0 Å². The van der Waals surface area contributed by atoms with E-state index in [0.29, 0.717) is 0 Å². The number of hydrogen-bond acceptors (Lipinski definition) is 3. The van der Waals surface area contributed by atoms with Gasteiger partial charge in [-0.3, -0.25) is 4.79 Å². The van der Waals surface area contributed by atoms with Gasteiger partial charge in [0.15, 0.2) is 0 Å². The first-order valence-electron chi connectivity index (χ1n) is 5.31. The van der Waals surface area contributed by atoms with Crippen LogP contribution in [-0.4, -0.2) is 26.3 Å². The smallest absolute Gasteiger partial charge is 0.302 e. The Morgan fingerprint density at radius 3 is 1.64 bits per heavy atom. The molecule has 0 aromatic rings. The van der Waals surface area contributed by atoms with E-state index in [1.807, 2.05) is 0 Å². The van der Waals surface area contributed by atoms with Gasteiger partial charge in [-0.15, -0.1) is 0 Å². The molecule has 0 saturated carbocycles. The fourth-order valence-electron chi connectivity index (χ4n) is 0.595. The second kappa shape index (κ2) is 14.9. The maximum atomic E-state index is 9.59. The van der Waals surface area contributed by atoms with Crippen LogP contribution in [0.25, 0.3) is 0 Å². The van der Waals surface area contributed by atoms with Crippen LogP contribution in [0.5, 0.6) is 0 Å². The molecule has 0 aliphatic rings. The van der Waals surface area contributed by atoms with Crippen molar-refractivity contribution >= 4 is 5.97 Å². The fourth-order valence-corrected chi connectivity index (χ4v) is 0.595. The fraction of sp³-hybridized carbons (Fsp3) is 0.909. The number of methoxy groups -OCH3 is 1. The number of rotatable bonds is 6. The second-order valence-electron chi connectivity index (χ2n) is 3.02. The van der Waals surface area contributed by atoms with Gasteiger partial charge in [0, 0.05) is 20.1 Å². The molecule has 0 bridgehead atoms. The van der Waals surface area contributed by atoms with E-state index in [2.05, 4.69) is 18.6 Å². The molecule has 0 spiro atoms. The summed E-state index contributed by atoms with van der Waals surface area (Å²) in [4.78, 5) is 9.59. The van der Waals surface area contributed by atoms with E-state index in [0.717, 1.165) is 13.2 Å². The summed E-state index contributed by atoms with van der Waals surface area (Å²) in [6.07, 6.45) is 4.91. The predicted octanol–water partition coefficient (Wildman–Crippen LogP) is 2.78. The largest absolute Gasteiger partial charge is 0.469 e. The van der Waals surface area contributed by atoms with Crippen molar-refractivity contribution in [3.05, 3.63) is 0 Å². The molecule has 0 N–H and O–H groups in total. The molecule has 14 heavy (non-hydrogen) atoms. The lowest BCUT2D eigenvalue weighted by Crippen LogP contribution is -1.95. The van der Waals surface area contributed by atoms with Gasteiger partial charge >= 0.3 is 5.97 Å². The van der Waals surface area contributed by atoms with Gasteiger partial charge in [-0.25, -0.2) is 0 Å². The molecule has 3 nitrogen and oxygen atoms in total. The Bertz CT molecular complexity index is 107. The molecule has 0 fully saturated rings. The van der Waals surface area contributed by atoms with Crippen molar-refractivity contribution in [2.75, 3.05) is 20.3 Å². The Balaban J connectivity index is 0. The van der Waals surface area contributed by atoms with Crippen LogP contribution in [0, 0.1) is 0 Å². The molecular weight excluding hydrogens is 180 g/mol. The molecular formula is C11H24O3. The summed E-state index contributed by atoms with van der Waals surface area (Å²) in [5, 5.41) is 0. The minimum atomic E-state index is -0.245. The maximum Gasteiger partial charge on any atom is 0.302 e. The van der Waals surface area contributed by atoms with E-state index >= 15 is 0 Å². The average molecular weight is 204 g/mol. The van der Waals surface area contributed by atoms with Crippen molar-refractivity contribution in [1.29, 1.82) is 0 Å². The van der Waals surface area contributed by atoms with Gasteiger partial charge in [0.05, 0.1) is 7.11 Å². The van der Waals surface area contributed by atoms with Gasteiger partial charge in [-0.05, 0) is 12.8 Å². The monoisotopic (exact) mass is 204 g/mol. The van der Waals surface area contributed by atoms with Crippen LogP contribution in [0.2, 0.25) is 0 Å². The topological polar surface area (TPSA) is 35.5 Å². The summed E-state index contributed by atoms with van der Waals surface area (Å²) in [5.41, 5.74) is 0. The van der Waals surface area contributed by atoms with E-state index in [1.54, 1.807) is 0 Å². The SMILES string of the molecule is CCCCOCCCC.COC(C)=O. The van der Waals surface area contributed by atoms with Crippen molar-refractivity contribution in [3.8, 4) is 0 Å². The Labute approximate surface area is 87.8 Å². The van der Waals surface area contributed by atoms with Crippen molar-refractivity contribution in [3.63, 3.8) is 0 Å². The van der Waals surface area contributed by atoms with Crippen molar-refractivity contribution in [2.24, 2.45) is 0 Å². The van der Waals surface area contributed by atoms with E-state index < -0.39 is 0 Å². The molecule has 0 aromatic heterocycles. The molecule has 86 valence electrons. The lowest BCUT2D eigenvalue weighted by Gasteiger charge is -1.99. The van der Waals surface area contributed by atoms with Crippen LogP contribution in [0.15, 0.2) is 0 Å². The minimum absolute atomic E-state index is 0.245. The number of hydrogen-bond donors (Lipinski definition) is 0. The molecule has 0 saturated heterocycles. The van der Waals surface area contributed by atoms with Crippen LogP contribution in [0.3, 0.4) is 0 Å². The molecule has 3 heteroatoms. The highest BCUT2D eigenvalue weighted by Gasteiger charge is 1.84. The van der Waals surface area contributed by atoms with E-state index in [4.69, 9.17) is 4.74 Å². The summed E-state index contributed by atoms with van der Waals surface area (Å²) in [5.74, 6) is -0.245. The average Bonchev–Trinajstić information content (AvgIpc) is 2.19. The summed E-state index contributed by atoms with van der Waals surface area (Å²) in [7, 11) is 1.35. The van der Waals surface area contributed by atoms with Crippen LogP contribution in [-0.2, 0) is 14.3 Å². The van der Waals surface area contributed by atoms with Crippen LogP contribution in [0.4, 0.5) is 0 Å². The van der Waals surface area contributed by atoms with Crippen molar-refractivity contribution in [2.45, 2.75) is 46.5 Å². The predicted molar refractivity (Wildman–Crippen MR) is 58.3 cm³/mol. The first kappa shape index (κ1) is 15.9. The normalized spacial score (nSPS) is 8.86. The van der Waals surface area contributed by atoms with E-state index in [-0.39, 0.29) is 5.97 Å². The highest BCUT2D eigenvalue weighted by atomic mass is 16.5. The molecule has 0 aromatic carbocycles. The van der Waals surface area contributed by atoms with Gasteiger partial charge in [0.25, 0.3) is 0 Å². The molecule has 0 radical (unpaired) electrons. The number of carbonyl (C=O) groups excluding carboxylic acids is 1. The first-order chi connectivity index (χ1) is 6.68. The summed E-state index contributed by atoms with van der Waals surface area (Å²) < 4.78 is 9.43. The quantitative estimate of drug-likeness (QED) is 0.493. The molecule has 0 aliphatic heterocycles. The standard InChI is InChI=1S/C8H18O.C3H6O2/c1-3-5-7-9-8-6-4-2;1-3(4)5-2/h3-8H2,1-2H3;1-2H3. The van der Waals surface area contributed by atoms with Gasteiger partial charge in [0.1, 0.15) is 0 Å². The molecule has 0 heterocycles.